The van der Waals surface area contributed by atoms with Crippen LogP contribution in [0.3, 0.4) is 0 Å². The van der Waals surface area contributed by atoms with E-state index in [2.05, 4.69) is 13.8 Å². The van der Waals surface area contributed by atoms with Gasteiger partial charge in [-0.15, -0.1) is 0 Å². The van der Waals surface area contributed by atoms with Crippen molar-refractivity contribution in [1.82, 2.24) is 4.90 Å². The number of halogens is 2. The molecule has 0 aromatic rings. The molecule has 1 aliphatic carbocycles. The van der Waals surface area contributed by atoms with Gasteiger partial charge in [0.2, 0.25) is 0 Å². The van der Waals surface area contributed by atoms with E-state index in [0.717, 1.165) is 19.3 Å². The van der Waals surface area contributed by atoms with Gasteiger partial charge in [-0.3, -0.25) is 0 Å². The first-order valence-corrected chi connectivity index (χ1v) is 6.05. The molecule has 0 aromatic carbocycles. The monoisotopic (exact) mass is 234 g/mol. The summed E-state index contributed by atoms with van der Waals surface area (Å²) >= 11 is 0. The van der Waals surface area contributed by atoms with Crippen LogP contribution >= 0.6 is 0 Å². The van der Waals surface area contributed by atoms with E-state index in [9.17, 15) is 8.78 Å². The lowest BCUT2D eigenvalue weighted by molar-refractivity contribution is 0.0681. The third kappa shape index (κ3) is 3.67. The van der Waals surface area contributed by atoms with E-state index in [1.807, 2.05) is 0 Å². The summed E-state index contributed by atoms with van der Waals surface area (Å²) in [7, 11) is 1.75. The van der Waals surface area contributed by atoms with Gasteiger partial charge in [-0.1, -0.05) is 20.3 Å². The predicted molar refractivity (Wildman–Crippen MR) is 62.6 cm³/mol. The van der Waals surface area contributed by atoms with Gasteiger partial charge in [0.1, 0.15) is 0 Å². The Bertz CT molecular complexity index is 219. The quantitative estimate of drug-likeness (QED) is 0.809. The molecule has 96 valence electrons. The van der Waals surface area contributed by atoms with Gasteiger partial charge in [-0.2, -0.15) is 0 Å². The van der Waals surface area contributed by atoms with E-state index in [4.69, 9.17) is 5.73 Å². The van der Waals surface area contributed by atoms with Gasteiger partial charge in [0.15, 0.2) is 0 Å². The standard InChI is InChI=1S/C12H24F2N2/c1-12(2)6-4-5-9(11(12)15)7-16(3)8-10(13)14/h9-11H,4-8,15H2,1-3H3. The van der Waals surface area contributed by atoms with E-state index in [0.29, 0.717) is 12.5 Å². The van der Waals surface area contributed by atoms with Crippen molar-refractivity contribution < 1.29 is 8.78 Å². The highest BCUT2D eigenvalue weighted by Gasteiger charge is 2.36. The topological polar surface area (TPSA) is 29.3 Å². The minimum absolute atomic E-state index is 0.126. The lowest BCUT2D eigenvalue weighted by Gasteiger charge is -2.43. The summed E-state index contributed by atoms with van der Waals surface area (Å²) in [5, 5.41) is 0. The van der Waals surface area contributed by atoms with Gasteiger partial charge in [0.05, 0.1) is 6.54 Å². The van der Waals surface area contributed by atoms with Crippen LogP contribution in [-0.4, -0.2) is 37.5 Å². The first kappa shape index (κ1) is 13.8. The molecular weight excluding hydrogens is 210 g/mol. The van der Waals surface area contributed by atoms with Crippen LogP contribution in [0.5, 0.6) is 0 Å². The molecule has 2 nitrogen and oxygen atoms in total. The third-order valence-electron chi connectivity index (χ3n) is 3.80. The molecule has 16 heavy (non-hydrogen) atoms. The molecule has 1 saturated carbocycles. The van der Waals surface area contributed by atoms with Gasteiger partial charge in [-0.25, -0.2) is 8.78 Å². The first-order chi connectivity index (χ1) is 7.33. The Morgan fingerprint density at radius 2 is 2.06 bits per heavy atom. The Balaban J connectivity index is 2.47. The highest BCUT2D eigenvalue weighted by molar-refractivity contribution is 4.92. The highest BCUT2D eigenvalue weighted by Crippen LogP contribution is 2.37. The van der Waals surface area contributed by atoms with Crippen LogP contribution in [0.25, 0.3) is 0 Å². The van der Waals surface area contributed by atoms with Crippen LogP contribution in [0, 0.1) is 11.3 Å². The Kier molecular flexibility index (Phi) is 4.68. The fourth-order valence-electron chi connectivity index (χ4n) is 2.72. The summed E-state index contributed by atoms with van der Waals surface area (Å²) in [6, 6.07) is 0.126. The molecule has 2 N–H and O–H groups in total. The lowest BCUT2D eigenvalue weighted by Crippen LogP contribution is -2.50. The van der Waals surface area contributed by atoms with Crippen LogP contribution in [-0.2, 0) is 0 Å². The summed E-state index contributed by atoms with van der Waals surface area (Å²) < 4.78 is 24.4. The summed E-state index contributed by atoms with van der Waals surface area (Å²) in [6.45, 7) is 4.90. The van der Waals surface area contributed by atoms with Gasteiger partial charge >= 0.3 is 0 Å². The fraction of sp³-hybridized carbons (Fsp3) is 1.00. The molecule has 2 atom stereocenters. The molecule has 0 saturated heterocycles. The fourth-order valence-corrected chi connectivity index (χ4v) is 2.72. The minimum atomic E-state index is -2.25. The molecule has 0 spiro atoms. The molecule has 1 rings (SSSR count). The zero-order valence-corrected chi connectivity index (χ0v) is 10.5. The predicted octanol–water partition coefficient (Wildman–Crippen LogP) is 2.34. The maximum Gasteiger partial charge on any atom is 0.251 e. The van der Waals surface area contributed by atoms with Crippen LogP contribution in [0.2, 0.25) is 0 Å². The van der Waals surface area contributed by atoms with E-state index in [1.54, 1.807) is 11.9 Å². The first-order valence-electron chi connectivity index (χ1n) is 6.05. The van der Waals surface area contributed by atoms with Crippen molar-refractivity contribution in [2.24, 2.45) is 17.1 Å². The van der Waals surface area contributed by atoms with E-state index in [-0.39, 0.29) is 18.0 Å². The highest BCUT2D eigenvalue weighted by atomic mass is 19.3. The average molecular weight is 234 g/mol. The maximum atomic E-state index is 12.2. The maximum absolute atomic E-state index is 12.2. The molecule has 1 fully saturated rings. The Morgan fingerprint density at radius 3 is 2.62 bits per heavy atom. The largest absolute Gasteiger partial charge is 0.327 e. The van der Waals surface area contributed by atoms with E-state index < -0.39 is 6.43 Å². The molecule has 0 bridgehead atoms. The summed E-state index contributed by atoms with van der Waals surface area (Å²) in [6.07, 6.45) is 1.12. The number of alkyl halides is 2. The van der Waals surface area contributed by atoms with Crippen LogP contribution in [0.4, 0.5) is 8.78 Å². The second-order valence-corrected chi connectivity index (χ2v) is 5.78. The minimum Gasteiger partial charge on any atom is -0.327 e. The van der Waals surface area contributed by atoms with E-state index in [1.165, 1.54) is 0 Å². The number of nitrogens with two attached hydrogens (primary N) is 1. The average Bonchev–Trinajstić information content (AvgIpc) is 2.11. The van der Waals surface area contributed by atoms with Crippen molar-refractivity contribution in [3.05, 3.63) is 0 Å². The van der Waals surface area contributed by atoms with Crippen molar-refractivity contribution in [3.63, 3.8) is 0 Å². The number of rotatable bonds is 4. The van der Waals surface area contributed by atoms with E-state index >= 15 is 0 Å². The van der Waals surface area contributed by atoms with Gasteiger partial charge in [0, 0.05) is 12.6 Å². The molecule has 4 heteroatoms. The zero-order valence-electron chi connectivity index (χ0n) is 10.5. The summed E-state index contributed by atoms with van der Waals surface area (Å²) in [4.78, 5) is 1.70. The second-order valence-electron chi connectivity index (χ2n) is 5.78. The molecular formula is C12H24F2N2. The zero-order chi connectivity index (χ0) is 12.3. The second kappa shape index (κ2) is 5.41. The van der Waals surface area contributed by atoms with Gasteiger partial charge in [0.25, 0.3) is 6.43 Å². The van der Waals surface area contributed by atoms with Crippen molar-refractivity contribution >= 4 is 0 Å². The molecule has 1 aliphatic rings. The smallest absolute Gasteiger partial charge is 0.251 e. The van der Waals surface area contributed by atoms with Crippen LogP contribution in [0.15, 0.2) is 0 Å². The van der Waals surface area contributed by atoms with Gasteiger partial charge < -0.3 is 10.6 Å². The van der Waals surface area contributed by atoms with Crippen LogP contribution in [0.1, 0.15) is 33.1 Å². The molecule has 0 aliphatic heterocycles. The van der Waals surface area contributed by atoms with Crippen molar-refractivity contribution in [1.29, 1.82) is 0 Å². The van der Waals surface area contributed by atoms with Crippen molar-refractivity contribution in [3.8, 4) is 0 Å². The number of nitrogens with zero attached hydrogens (tertiary/aromatic N) is 1. The van der Waals surface area contributed by atoms with Crippen molar-refractivity contribution in [2.45, 2.75) is 45.6 Å². The van der Waals surface area contributed by atoms with Crippen molar-refractivity contribution in [2.75, 3.05) is 20.1 Å². The molecule has 2 unspecified atom stereocenters. The SMILES string of the molecule is CN(CC(F)F)CC1CCCC(C)(C)C1N. The Labute approximate surface area is 97.2 Å². The van der Waals surface area contributed by atoms with Crippen LogP contribution < -0.4 is 5.73 Å². The molecule has 0 radical (unpaired) electrons. The molecule has 0 aromatic heterocycles. The lowest BCUT2D eigenvalue weighted by atomic mass is 9.68. The number of hydrogen-bond donors (Lipinski definition) is 1. The molecule has 0 heterocycles. The Morgan fingerprint density at radius 1 is 1.44 bits per heavy atom. The van der Waals surface area contributed by atoms with Gasteiger partial charge in [-0.05, 0) is 31.2 Å². The summed E-state index contributed by atoms with van der Waals surface area (Å²) in [5.41, 5.74) is 6.37. The normalized spacial score (nSPS) is 30.0. The Hall–Kier alpha value is -0.220. The third-order valence-corrected chi connectivity index (χ3v) is 3.80. The summed E-state index contributed by atoms with van der Waals surface area (Å²) in [5.74, 6) is 0.354. The number of hydrogen-bond acceptors (Lipinski definition) is 2. The molecule has 0 amide bonds.